The van der Waals surface area contributed by atoms with E-state index in [2.05, 4.69) is 78.9 Å². The molecule has 0 radical (unpaired) electrons. The van der Waals surface area contributed by atoms with E-state index in [0.717, 1.165) is 31.2 Å². The van der Waals surface area contributed by atoms with E-state index in [-0.39, 0.29) is 5.41 Å². The number of rotatable bonds is 3. The van der Waals surface area contributed by atoms with Crippen LogP contribution in [0.1, 0.15) is 33.9 Å². The molecule has 2 atom stereocenters. The Labute approximate surface area is 155 Å². The maximum atomic E-state index is 11.5. The summed E-state index contributed by atoms with van der Waals surface area (Å²) in [5.74, 6) is 0.475. The smallest absolute Gasteiger partial charge is 0.0858 e. The first-order chi connectivity index (χ1) is 12.8. The van der Waals surface area contributed by atoms with Gasteiger partial charge in [0.25, 0.3) is 0 Å². The van der Waals surface area contributed by atoms with Crippen LogP contribution >= 0.6 is 0 Å². The highest BCUT2D eigenvalue weighted by molar-refractivity contribution is 5.41. The molecule has 3 aromatic rings. The van der Waals surface area contributed by atoms with Crippen molar-refractivity contribution in [3.8, 4) is 0 Å². The van der Waals surface area contributed by atoms with Gasteiger partial charge in [0, 0.05) is 5.41 Å². The summed E-state index contributed by atoms with van der Waals surface area (Å²) in [5.41, 5.74) is 6.60. The van der Waals surface area contributed by atoms with Gasteiger partial charge in [0.05, 0.1) is 6.10 Å². The van der Waals surface area contributed by atoms with E-state index in [1.54, 1.807) is 0 Å². The normalized spacial score (nSPS) is 24.4. The summed E-state index contributed by atoms with van der Waals surface area (Å²) in [6.45, 7) is 0. The molecule has 2 aliphatic carbocycles. The van der Waals surface area contributed by atoms with Gasteiger partial charge >= 0.3 is 0 Å². The second kappa shape index (κ2) is 6.10. The largest absolute Gasteiger partial charge is 0.388 e. The van der Waals surface area contributed by atoms with Gasteiger partial charge in [-0.3, -0.25) is 0 Å². The zero-order valence-electron chi connectivity index (χ0n) is 14.9. The summed E-state index contributed by atoms with van der Waals surface area (Å²) in [7, 11) is 0. The van der Waals surface area contributed by atoms with E-state index in [4.69, 9.17) is 0 Å². The van der Waals surface area contributed by atoms with Crippen molar-refractivity contribution < 1.29 is 5.11 Å². The average molecular weight is 340 g/mol. The van der Waals surface area contributed by atoms with Crippen molar-refractivity contribution in [3.63, 3.8) is 0 Å². The SMILES string of the molecule is O[C@H]1c2ccccc2C[C@]1(Cc1ccccc1)C1Cc2ccccc2C1. The van der Waals surface area contributed by atoms with Gasteiger partial charge in [-0.05, 0) is 59.4 Å². The first-order valence-corrected chi connectivity index (χ1v) is 9.63. The van der Waals surface area contributed by atoms with E-state index in [9.17, 15) is 5.11 Å². The minimum absolute atomic E-state index is 0.121. The molecule has 5 rings (SSSR count). The van der Waals surface area contributed by atoms with Gasteiger partial charge in [-0.25, -0.2) is 0 Å². The van der Waals surface area contributed by atoms with Crippen LogP contribution in [0.5, 0.6) is 0 Å². The summed E-state index contributed by atoms with van der Waals surface area (Å²) in [6.07, 6.45) is 3.67. The molecular weight excluding hydrogens is 316 g/mol. The molecule has 0 aliphatic heterocycles. The molecule has 2 aliphatic rings. The van der Waals surface area contributed by atoms with E-state index < -0.39 is 6.10 Å². The lowest BCUT2D eigenvalue weighted by atomic mass is 9.66. The van der Waals surface area contributed by atoms with Crippen LogP contribution < -0.4 is 0 Å². The monoisotopic (exact) mass is 340 g/mol. The zero-order chi connectivity index (χ0) is 17.6. The van der Waals surface area contributed by atoms with Crippen molar-refractivity contribution >= 4 is 0 Å². The summed E-state index contributed by atoms with van der Waals surface area (Å²) in [4.78, 5) is 0. The van der Waals surface area contributed by atoms with Gasteiger partial charge in [-0.1, -0.05) is 78.9 Å². The molecule has 1 N–H and O–H groups in total. The molecule has 0 fully saturated rings. The molecule has 26 heavy (non-hydrogen) atoms. The molecule has 0 saturated carbocycles. The third-order valence-corrected chi connectivity index (χ3v) is 6.65. The molecular formula is C25H24O. The van der Waals surface area contributed by atoms with Crippen LogP contribution in [-0.4, -0.2) is 5.11 Å². The number of benzene rings is 3. The van der Waals surface area contributed by atoms with E-state index in [0.29, 0.717) is 5.92 Å². The van der Waals surface area contributed by atoms with Crippen molar-refractivity contribution in [1.29, 1.82) is 0 Å². The van der Waals surface area contributed by atoms with E-state index in [1.165, 1.54) is 22.3 Å². The van der Waals surface area contributed by atoms with Gasteiger partial charge in [-0.15, -0.1) is 0 Å². The van der Waals surface area contributed by atoms with Gasteiger partial charge in [0.1, 0.15) is 0 Å². The Morgan fingerprint density at radius 3 is 1.96 bits per heavy atom. The summed E-state index contributed by atoms with van der Waals surface area (Å²) < 4.78 is 0. The van der Waals surface area contributed by atoms with Gasteiger partial charge in [0.2, 0.25) is 0 Å². The first kappa shape index (κ1) is 15.8. The molecule has 1 heteroatoms. The summed E-state index contributed by atoms with van der Waals surface area (Å²) >= 11 is 0. The number of aliphatic hydroxyl groups excluding tert-OH is 1. The standard InChI is InChI=1S/C25H24O/c26-24-23-13-7-6-12-21(23)17-25(24,16-18-8-2-1-3-9-18)22-14-19-10-4-5-11-20(19)15-22/h1-13,22,24,26H,14-17H2/t24-,25+/m0/s1. The molecule has 130 valence electrons. The lowest BCUT2D eigenvalue weighted by Gasteiger charge is -2.39. The van der Waals surface area contributed by atoms with Crippen molar-refractivity contribution in [2.75, 3.05) is 0 Å². The highest BCUT2D eigenvalue weighted by Crippen LogP contribution is 2.55. The van der Waals surface area contributed by atoms with Crippen molar-refractivity contribution in [2.45, 2.75) is 31.8 Å². The molecule has 0 amide bonds. The number of hydrogen-bond acceptors (Lipinski definition) is 1. The molecule has 0 heterocycles. The van der Waals surface area contributed by atoms with Crippen LogP contribution in [0.25, 0.3) is 0 Å². The Balaban J connectivity index is 1.57. The second-order valence-electron chi connectivity index (χ2n) is 8.05. The predicted molar refractivity (Wildman–Crippen MR) is 105 cm³/mol. The Kier molecular flexibility index (Phi) is 3.72. The summed E-state index contributed by atoms with van der Waals surface area (Å²) in [6, 6.07) is 28.0. The molecule has 0 aromatic heterocycles. The van der Waals surface area contributed by atoms with E-state index >= 15 is 0 Å². The van der Waals surface area contributed by atoms with Gasteiger partial charge in [0.15, 0.2) is 0 Å². The highest BCUT2D eigenvalue weighted by Gasteiger charge is 2.51. The zero-order valence-corrected chi connectivity index (χ0v) is 14.9. The average Bonchev–Trinajstić information content (AvgIpc) is 3.23. The lowest BCUT2D eigenvalue weighted by molar-refractivity contribution is -0.00601. The van der Waals surface area contributed by atoms with Crippen LogP contribution in [0.15, 0.2) is 78.9 Å². The van der Waals surface area contributed by atoms with Crippen molar-refractivity contribution in [2.24, 2.45) is 11.3 Å². The predicted octanol–water partition coefficient (Wildman–Crippen LogP) is 4.92. The Morgan fingerprint density at radius 1 is 0.731 bits per heavy atom. The van der Waals surface area contributed by atoms with Crippen LogP contribution in [0.3, 0.4) is 0 Å². The maximum absolute atomic E-state index is 11.5. The topological polar surface area (TPSA) is 20.2 Å². The fourth-order valence-corrected chi connectivity index (χ4v) is 5.34. The second-order valence-corrected chi connectivity index (χ2v) is 8.05. The molecule has 0 spiro atoms. The van der Waals surface area contributed by atoms with Crippen LogP contribution in [0.4, 0.5) is 0 Å². The molecule has 0 bridgehead atoms. The molecule has 1 nitrogen and oxygen atoms in total. The molecule has 0 saturated heterocycles. The lowest BCUT2D eigenvalue weighted by Crippen LogP contribution is -2.38. The number of hydrogen-bond donors (Lipinski definition) is 1. The minimum atomic E-state index is -0.391. The quantitative estimate of drug-likeness (QED) is 0.717. The van der Waals surface area contributed by atoms with Crippen molar-refractivity contribution in [3.05, 3.63) is 107 Å². The minimum Gasteiger partial charge on any atom is -0.388 e. The van der Waals surface area contributed by atoms with Crippen molar-refractivity contribution in [1.82, 2.24) is 0 Å². The maximum Gasteiger partial charge on any atom is 0.0858 e. The van der Waals surface area contributed by atoms with E-state index in [1.807, 2.05) is 0 Å². The first-order valence-electron chi connectivity index (χ1n) is 9.63. The van der Waals surface area contributed by atoms with Crippen LogP contribution in [0, 0.1) is 11.3 Å². The fraction of sp³-hybridized carbons (Fsp3) is 0.280. The third kappa shape index (κ3) is 2.42. The number of fused-ring (bicyclic) bond motifs is 2. The summed E-state index contributed by atoms with van der Waals surface area (Å²) in [5, 5.41) is 11.5. The molecule has 0 unspecified atom stereocenters. The van der Waals surface area contributed by atoms with Crippen LogP contribution in [-0.2, 0) is 25.7 Å². The third-order valence-electron chi connectivity index (χ3n) is 6.65. The fourth-order valence-electron chi connectivity index (χ4n) is 5.34. The van der Waals surface area contributed by atoms with Crippen LogP contribution in [0.2, 0.25) is 0 Å². The Morgan fingerprint density at radius 2 is 1.31 bits per heavy atom. The highest BCUT2D eigenvalue weighted by atomic mass is 16.3. The van der Waals surface area contributed by atoms with Gasteiger partial charge < -0.3 is 5.11 Å². The molecule has 3 aromatic carbocycles. The van der Waals surface area contributed by atoms with Gasteiger partial charge in [-0.2, -0.15) is 0 Å². The Bertz CT molecular complexity index is 905. The number of aliphatic hydroxyl groups is 1. The Hall–Kier alpha value is -2.38.